The van der Waals surface area contributed by atoms with E-state index in [0.717, 1.165) is 25.9 Å². The number of nitrogens with one attached hydrogen (secondary N) is 2. The second-order valence-electron chi connectivity index (χ2n) is 34.2. The number of rotatable bonds is 42. The Kier molecular flexibility index (Phi) is 51.4. The average Bonchev–Trinajstić information content (AvgIpc) is 0.825. The fourth-order valence-corrected chi connectivity index (χ4v) is 8.97. The van der Waals surface area contributed by atoms with Gasteiger partial charge in [-0.25, -0.2) is 0 Å². The minimum absolute atomic E-state index is 0.0204. The fourth-order valence-electron chi connectivity index (χ4n) is 8.97. The zero-order valence-corrected chi connectivity index (χ0v) is 71.9. The molecule has 6 unspecified atom stereocenters. The summed E-state index contributed by atoms with van der Waals surface area (Å²) in [5.41, 5.74) is -3.47. The van der Waals surface area contributed by atoms with E-state index in [4.69, 9.17) is 57.6 Å². The second-order valence-corrected chi connectivity index (χ2v) is 34.2. The molecular formula is C77H152N6O26+2. The van der Waals surface area contributed by atoms with Gasteiger partial charge in [0.15, 0.2) is 12.6 Å². The molecule has 0 bridgehead atoms. The standard InChI is InChI=1S/C29H56N4O6.2C14H26O8.2C10H21NO2/c1-13-22(19-28(3,4)26(36)38-17-15-32(7,8)9)24(34)30-21-31-25(35)23(14-2)20-29(5,6)27(37)39-18-16-33(10,11)12;2*1-4-14(2,3)13(19)21-6-5-20-12-11(18)10(17)9(16)8(7-15)22-12;2*1-6-10(2,3)9(12)13-8-7-11(4)5/h22-23H,13-21H2,1-12H3;2*8-12,15-18H,4-7H2,1-3H3;2*6-8H2,1-5H3/p+2/t;2*8?,9-,10?,11+,12-;;/m.00../s1. The monoisotopic (exact) mass is 1580 g/mol. The molecule has 0 aliphatic carbocycles. The van der Waals surface area contributed by atoms with Crippen LogP contribution in [0.15, 0.2) is 0 Å². The molecule has 32 nitrogen and oxygen atoms in total. The highest BCUT2D eigenvalue weighted by atomic mass is 16.7. The van der Waals surface area contributed by atoms with Crippen LogP contribution in [0.5, 0.6) is 0 Å². The van der Waals surface area contributed by atoms with E-state index in [1.54, 1.807) is 55.4 Å². The number of quaternary nitrogens is 2. The van der Waals surface area contributed by atoms with Crippen molar-refractivity contribution < 1.29 is 136 Å². The molecule has 0 radical (unpaired) electrons. The molecular weight excluding hydrogens is 1420 g/mol. The van der Waals surface area contributed by atoms with Crippen LogP contribution >= 0.6 is 0 Å². The zero-order chi connectivity index (χ0) is 85.5. The molecule has 0 saturated carbocycles. The summed E-state index contributed by atoms with van der Waals surface area (Å²) in [6, 6.07) is 0. The summed E-state index contributed by atoms with van der Waals surface area (Å²) >= 11 is 0. The molecule has 0 aromatic rings. The number of carbonyl (C=O) groups excluding carboxylic acids is 8. The van der Waals surface area contributed by atoms with E-state index in [-0.39, 0.29) is 91.6 Å². The Morgan fingerprint density at radius 3 is 0.853 bits per heavy atom. The van der Waals surface area contributed by atoms with Crippen LogP contribution in [0.4, 0.5) is 0 Å². The van der Waals surface area contributed by atoms with Crippen molar-refractivity contribution in [2.45, 2.75) is 237 Å². The van der Waals surface area contributed by atoms with E-state index in [0.29, 0.717) is 87.0 Å². The van der Waals surface area contributed by atoms with Gasteiger partial charge in [-0.2, -0.15) is 0 Å². The van der Waals surface area contributed by atoms with Crippen LogP contribution in [-0.4, -0.2) is 338 Å². The van der Waals surface area contributed by atoms with Crippen LogP contribution in [0.25, 0.3) is 0 Å². The predicted octanol–water partition coefficient (Wildman–Crippen LogP) is 3.18. The highest BCUT2D eigenvalue weighted by molar-refractivity contribution is 5.83. The van der Waals surface area contributed by atoms with Gasteiger partial charge in [0.05, 0.1) is 108 Å². The summed E-state index contributed by atoms with van der Waals surface area (Å²) in [6.07, 6.45) is -8.53. The first kappa shape index (κ1) is 108. The molecule has 32 heteroatoms. The Balaban J connectivity index is -0.00000138. The topological polar surface area (TPSA) is 421 Å². The van der Waals surface area contributed by atoms with Crippen molar-refractivity contribution in [2.75, 3.05) is 169 Å². The number of aliphatic hydroxyl groups excluding tert-OH is 8. The number of amides is 2. The van der Waals surface area contributed by atoms with Crippen LogP contribution < -0.4 is 10.6 Å². The van der Waals surface area contributed by atoms with Gasteiger partial charge in [0.25, 0.3) is 0 Å². The van der Waals surface area contributed by atoms with E-state index < -0.39 is 108 Å². The summed E-state index contributed by atoms with van der Waals surface area (Å²) in [5.74, 6) is -2.79. The SMILES string of the molecule is CCC(C)(C)C(=O)OCCN(C)C.CCC(C)(C)C(=O)OCCN(C)C.CCC(C)(C)C(=O)OCCO[C@H]1OC(CO)[C@H](O)C(O)[C@H]1O.CCC(C)(C)C(=O)OCCO[C@H]1OC(CO)[C@H](O)C(O)[C@H]1O.CCC(CC(C)(C)C(=O)OCC[N+](C)(C)C)C(=O)NCNC(=O)C(CC)CC(C)(C)C(=O)OCC[N+](C)(C)C. The van der Waals surface area contributed by atoms with Gasteiger partial charge in [0.1, 0.15) is 102 Å². The van der Waals surface area contributed by atoms with E-state index in [9.17, 15) is 69.0 Å². The molecule has 2 aliphatic rings. The molecule has 2 rings (SSSR count). The van der Waals surface area contributed by atoms with Gasteiger partial charge in [0.2, 0.25) is 11.8 Å². The van der Waals surface area contributed by atoms with E-state index in [1.165, 1.54) is 0 Å². The highest BCUT2D eigenvalue weighted by Gasteiger charge is 2.46. The maximum atomic E-state index is 12.9. The predicted molar refractivity (Wildman–Crippen MR) is 410 cm³/mol. The summed E-state index contributed by atoms with van der Waals surface area (Å²) in [4.78, 5) is 101. The van der Waals surface area contributed by atoms with Crippen LogP contribution in [0.1, 0.15) is 176 Å². The molecule has 2 amide bonds. The lowest BCUT2D eigenvalue weighted by molar-refractivity contribution is -0.870. The first-order valence-electron chi connectivity index (χ1n) is 38.3. The maximum absolute atomic E-state index is 12.9. The van der Waals surface area contributed by atoms with Gasteiger partial charge in [0, 0.05) is 24.9 Å². The zero-order valence-electron chi connectivity index (χ0n) is 71.9. The van der Waals surface area contributed by atoms with Gasteiger partial charge in [-0.15, -0.1) is 0 Å². The number of likely N-dealkylation sites (N-methyl/N-ethyl adjacent to an activating group) is 4. The smallest absolute Gasteiger partial charge is 0.311 e. The molecule has 644 valence electrons. The molecule has 2 fully saturated rings. The van der Waals surface area contributed by atoms with Crippen molar-refractivity contribution in [3.05, 3.63) is 0 Å². The molecule has 0 aromatic carbocycles. The lowest BCUT2D eigenvalue weighted by atomic mass is 9.81. The number of hydrogen-bond donors (Lipinski definition) is 10. The van der Waals surface area contributed by atoms with E-state index in [2.05, 4.69) is 10.6 Å². The maximum Gasteiger partial charge on any atom is 0.311 e. The third kappa shape index (κ3) is 43.8. The second kappa shape index (κ2) is 51.8. The van der Waals surface area contributed by atoms with Crippen molar-refractivity contribution in [3.63, 3.8) is 0 Å². The number of aliphatic hydroxyl groups is 8. The first-order chi connectivity index (χ1) is 49.9. The Hall–Kier alpha value is -4.88. The van der Waals surface area contributed by atoms with Gasteiger partial charge >= 0.3 is 35.8 Å². The van der Waals surface area contributed by atoms with Crippen molar-refractivity contribution >= 4 is 47.6 Å². The van der Waals surface area contributed by atoms with Gasteiger partial charge in [-0.3, -0.25) is 38.4 Å². The lowest BCUT2D eigenvalue weighted by Gasteiger charge is -2.39. The Bertz CT molecular complexity index is 2430. The molecule has 109 heavy (non-hydrogen) atoms. The number of ether oxygens (including phenoxy) is 10. The minimum Gasteiger partial charge on any atom is -0.464 e. The number of hydrogen-bond acceptors (Lipinski definition) is 28. The third-order valence-corrected chi connectivity index (χ3v) is 19.0. The average molecular weight is 1580 g/mol. The molecule has 2 aliphatic heterocycles. The van der Waals surface area contributed by atoms with Crippen molar-refractivity contribution in [3.8, 4) is 0 Å². The first-order valence-corrected chi connectivity index (χ1v) is 38.3. The number of nitrogens with zero attached hydrogens (tertiary/aromatic N) is 4. The fraction of sp³-hybridized carbons (Fsp3) is 0.896. The molecule has 12 atom stereocenters. The number of esters is 6. The lowest BCUT2D eigenvalue weighted by Crippen LogP contribution is -2.59. The van der Waals surface area contributed by atoms with E-state index >= 15 is 0 Å². The molecule has 0 aromatic heterocycles. The largest absolute Gasteiger partial charge is 0.464 e. The van der Waals surface area contributed by atoms with E-state index in [1.807, 2.05) is 150 Å². The van der Waals surface area contributed by atoms with Crippen molar-refractivity contribution in [2.24, 2.45) is 44.3 Å². The number of carbonyl (C=O) groups is 8. The quantitative estimate of drug-likeness (QED) is 0.0138. The van der Waals surface area contributed by atoms with Crippen molar-refractivity contribution in [1.29, 1.82) is 0 Å². The van der Waals surface area contributed by atoms with Crippen LogP contribution in [-0.2, 0) is 85.7 Å². The Morgan fingerprint density at radius 2 is 0.624 bits per heavy atom. The van der Waals surface area contributed by atoms with Crippen LogP contribution in [0.3, 0.4) is 0 Å². The van der Waals surface area contributed by atoms with Crippen LogP contribution in [0, 0.1) is 44.3 Å². The van der Waals surface area contributed by atoms with Gasteiger partial charge < -0.3 is 118 Å². The molecule has 2 saturated heterocycles. The Morgan fingerprint density at radius 1 is 0.376 bits per heavy atom. The highest BCUT2D eigenvalue weighted by Crippen LogP contribution is 2.32. The normalized spacial score (nSPS) is 21.2. The summed E-state index contributed by atoms with van der Waals surface area (Å²) in [7, 11) is 20.0. The molecule has 2 heterocycles. The minimum atomic E-state index is -1.49. The summed E-state index contributed by atoms with van der Waals surface area (Å²) in [6.45, 7) is 36.8. The Labute approximate surface area is 652 Å². The van der Waals surface area contributed by atoms with Gasteiger partial charge in [-0.1, -0.05) is 41.5 Å². The third-order valence-electron chi connectivity index (χ3n) is 19.0. The molecule has 10 N–H and O–H groups in total. The summed E-state index contributed by atoms with van der Waals surface area (Å²) in [5, 5.41) is 81.6. The molecule has 0 spiro atoms. The van der Waals surface area contributed by atoms with Crippen LogP contribution in [0.2, 0.25) is 0 Å². The summed E-state index contributed by atoms with van der Waals surface area (Å²) < 4.78 is 53.4. The van der Waals surface area contributed by atoms with Gasteiger partial charge in [-0.05, 0) is 163 Å². The van der Waals surface area contributed by atoms with Crippen molar-refractivity contribution in [1.82, 2.24) is 20.4 Å².